The van der Waals surface area contributed by atoms with Crippen molar-refractivity contribution in [3.05, 3.63) is 29.8 Å². The molecule has 12 heteroatoms. The summed E-state index contributed by atoms with van der Waals surface area (Å²) in [7, 11) is -5.02. The Morgan fingerprint density at radius 2 is 1.81 bits per heavy atom. The van der Waals surface area contributed by atoms with Gasteiger partial charge in [0.2, 0.25) is 6.10 Å². The molecule has 1 aromatic rings. The summed E-state index contributed by atoms with van der Waals surface area (Å²) in [4.78, 5) is 23.1. The topological polar surface area (TPSA) is 119 Å². The molecule has 0 saturated heterocycles. The lowest BCUT2D eigenvalue weighted by Crippen LogP contribution is -2.39. The van der Waals surface area contributed by atoms with Crippen LogP contribution < -0.4 is 10.1 Å². The second-order valence-electron chi connectivity index (χ2n) is 4.96. The molecule has 0 fully saturated rings. The van der Waals surface area contributed by atoms with Gasteiger partial charge in [0.1, 0.15) is 11.5 Å². The molecular formula is C14H16F3NO7S. The van der Waals surface area contributed by atoms with Crippen molar-refractivity contribution < 1.29 is 45.2 Å². The van der Waals surface area contributed by atoms with E-state index in [1.54, 1.807) is 6.92 Å². The van der Waals surface area contributed by atoms with Gasteiger partial charge in [-0.15, -0.1) is 0 Å². The minimum atomic E-state index is -5.19. The van der Waals surface area contributed by atoms with Crippen LogP contribution in [0.2, 0.25) is 0 Å². The van der Waals surface area contributed by atoms with Gasteiger partial charge in [0.05, 0.1) is 12.1 Å². The summed E-state index contributed by atoms with van der Waals surface area (Å²) in [6.07, 6.45) is -8.21. The number of halogens is 3. The van der Waals surface area contributed by atoms with E-state index in [1.807, 2.05) is 0 Å². The molecule has 1 unspecified atom stereocenters. The molecule has 146 valence electrons. The second-order valence-corrected chi connectivity index (χ2v) is 6.46. The average molecular weight is 399 g/mol. The van der Waals surface area contributed by atoms with Crippen molar-refractivity contribution in [1.29, 1.82) is 0 Å². The molecule has 0 bridgehead atoms. The van der Waals surface area contributed by atoms with Crippen molar-refractivity contribution in [3.8, 4) is 5.75 Å². The lowest BCUT2D eigenvalue weighted by atomic mass is 10.2. The number of likely N-dealkylation sites (N-methyl/N-ethyl adjacent to an activating group) is 1. The van der Waals surface area contributed by atoms with Crippen LogP contribution in [0.3, 0.4) is 0 Å². The monoisotopic (exact) mass is 399 g/mol. The third kappa shape index (κ3) is 7.80. The highest BCUT2D eigenvalue weighted by molar-refractivity contribution is 7.85. The van der Waals surface area contributed by atoms with E-state index in [9.17, 15) is 31.2 Å². The van der Waals surface area contributed by atoms with Crippen molar-refractivity contribution in [3.63, 3.8) is 0 Å². The first-order valence-corrected chi connectivity index (χ1v) is 8.77. The number of carbonyl (C=O) groups is 2. The molecule has 0 aliphatic rings. The molecule has 0 radical (unpaired) electrons. The number of rotatable bonds is 8. The van der Waals surface area contributed by atoms with E-state index in [2.05, 4.69) is 10.1 Å². The summed E-state index contributed by atoms with van der Waals surface area (Å²) in [6.45, 7) is 2.27. The van der Waals surface area contributed by atoms with Crippen LogP contribution in [0.5, 0.6) is 5.75 Å². The van der Waals surface area contributed by atoms with Gasteiger partial charge in [0.25, 0.3) is 10.1 Å². The first-order valence-electron chi connectivity index (χ1n) is 7.16. The summed E-state index contributed by atoms with van der Waals surface area (Å²) in [5.41, 5.74) is -0.332. The van der Waals surface area contributed by atoms with Gasteiger partial charge in [0, 0.05) is 0 Å². The highest BCUT2D eigenvalue weighted by Crippen LogP contribution is 2.25. The third-order valence-corrected chi connectivity index (χ3v) is 3.54. The maximum atomic E-state index is 12.7. The molecule has 26 heavy (non-hydrogen) atoms. The van der Waals surface area contributed by atoms with Gasteiger partial charge < -0.3 is 14.8 Å². The number of nitrogens with one attached hydrogen (secondary N) is 1. The highest BCUT2D eigenvalue weighted by Gasteiger charge is 2.45. The summed E-state index contributed by atoms with van der Waals surface area (Å²) in [6, 6.07) is 4.40. The highest BCUT2D eigenvalue weighted by atomic mass is 32.2. The lowest BCUT2D eigenvalue weighted by Gasteiger charge is -2.19. The van der Waals surface area contributed by atoms with Crippen molar-refractivity contribution in [2.45, 2.75) is 19.2 Å². The number of esters is 2. The van der Waals surface area contributed by atoms with Gasteiger partial charge in [-0.3, -0.25) is 9.35 Å². The Morgan fingerprint density at radius 3 is 2.27 bits per heavy atom. The molecule has 1 aromatic carbocycles. The standard InChI is InChI=1S/C14H16F3NO7S/c1-2-18-7-12(19)24-10-5-3-9(4-6-10)13(20)25-11(14(15,16)17)8-26(21,22)23/h3-6,11,18H,2,7-8H2,1H3,(H,21,22,23). The molecule has 1 atom stereocenters. The number of carbonyl (C=O) groups excluding carboxylic acids is 2. The summed E-state index contributed by atoms with van der Waals surface area (Å²) < 4.78 is 77.0. The second kappa shape index (κ2) is 8.96. The fraction of sp³-hybridized carbons (Fsp3) is 0.429. The van der Waals surface area contributed by atoms with Crippen LogP contribution in [0.4, 0.5) is 13.2 Å². The molecule has 0 spiro atoms. The average Bonchev–Trinajstić information content (AvgIpc) is 2.50. The van der Waals surface area contributed by atoms with E-state index < -0.39 is 40.1 Å². The van der Waals surface area contributed by atoms with Gasteiger partial charge in [-0.05, 0) is 30.8 Å². The molecule has 0 aromatic heterocycles. The first-order chi connectivity index (χ1) is 11.9. The Bertz CT molecular complexity index is 732. The lowest BCUT2D eigenvalue weighted by molar-refractivity contribution is -0.197. The van der Waals surface area contributed by atoms with E-state index in [1.165, 1.54) is 0 Å². The van der Waals surface area contributed by atoms with Gasteiger partial charge >= 0.3 is 18.1 Å². The smallest absolute Gasteiger partial charge is 0.426 e. The quantitative estimate of drug-likeness (QED) is 0.380. The number of alkyl halides is 3. The fourth-order valence-corrected chi connectivity index (χ4v) is 2.28. The summed E-state index contributed by atoms with van der Waals surface area (Å²) in [5, 5.41) is 2.73. The maximum absolute atomic E-state index is 12.7. The maximum Gasteiger partial charge on any atom is 0.426 e. The van der Waals surface area contributed by atoms with Gasteiger partial charge in [-0.1, -0.05) is 6.92 Å². The van der Waals surface area contributed by atoms with E-state index in [-0.39, 0.29) is 17.9 Å². The van der Waals surface area contributed by atoms with E-state index in [4.69, 9.17) is 9.29 Å². The van der Waals surface area contributed by atoms with Crippen molar-refractivity contribution in [2.24, 2.45) is 0 Å². The van der Waals surface area contributed by atoms with Crippen LogP contribution in [-0.4, -0.2) is 56.0 Å². The van der Waals surface area contributed by atoms with E-state index in [0.717, 1.165) is 24.3 Å². The largest absolute Gasteiger partial charge is 0.448 e. The Balaban J connectivity index is 2.78. The zero-order valence-electron chi connectivity index (χ0n) is 13.4. The Labute approximate surface area is 147 Å². The Morgan fingerprint density at radius 1 is 1.23 bits per heavy atom. The number of ether oxygens (including phenoxy) is 2. The number of hydrogen-bond acceptors (Lipinski definition) is 7. The number of benzene rings is 1. The zero-order chi connectivity index (χ0) is 20.0. The van der Waals surface area contributed by atoms with Gasteiger partial charge in [0.15, 0.2) is 0 Å². The molecule has 2 N–H and O–H groups in total. The normalized spacial score (nSPS) is 13.1. The molecule has 0 aliphatic carbocycles. The summed E-state index contributed by atoms with van der Waals surface area (Å²) >= 11 is 0. The van der Waals surface area contributed by atoms with Gasteiger partial charge in [-0.25, -0.2) is 4.79 Å². The minimum Gasteiger partial charge on any atom is -0.448 e. The van der Waals surface area contributed by atoms with Crippen LogP contribution in [0.25, 0.3) is 0 Å². The zero-order valence-corrected chi connectivity index (χ0v) is 14.3. The van der Waals surface area contributed by atoms with Crippen LogP contribution >= 0.6 is 0 Å². The molecule has 8 nitrogen and oxygen atoms in total. The fourth-order valence-electron chi connectivity index (χ4n) is 1.64. The van der Waals surface area contributed by atoms with E-state index >= 15 is 0 Å². The molecule has 0 amide bonds. The number of hydrogen-bond donors (Lipinski definition) is 2. The minimum absolute atomic E-state index is 0.0507. The van der Waals surface area contributed by atoms with Crippen LogP contribution in [-0.2, 0) is 19.6 Å². The molecule has 1 rings (SSSR count). The molecule has 0 heterocycles. The van der Waals surface area contributed by atoms with Crippen LogP contribution in [0, 0.1) is 0 Å². The van der Waals surface area contributed by atoms with Crippen LogP contribution in [0.15, 0.2) is 24.3 Å². The van der Waals surface area contributed by atoms with Crippen molar-refractivity contribution in [2.75, 3.05) is 18.8 Å². The predicted molar refractivity (Wildman–Crippen MR) is 82.3 cm³/mol. The molecule has 0 aliphatic heterocycles. The van der Waals surface area contributed by atoms with Crippen molar-refractivity contribution in [1.82, 2.24) is 5.32 Å². The third-order valence-electron chi connectivity index (χ3n) is 2.82. The van der Waals surface area contributed by atoms with E-state index in [0.29, 0.717) is 6.54 Å². The van der Waals surface area contributed by atoms with Crippen LogP contribution in [0.1, 0.15) is 17.3 Å². The first kappa shape index (κ1) is 21.9. The molecular weight excluding hydrogens is 383 g/mol. The predicted octanol–water partition coefficient (Wildman–Crippen LogP) is 1.18. The van der Waals surface area contributed by atoms with Crippen molar-refractivity contribution >= 4 is 22.1 Å². The summed E-state index contributed by atoms with van der Waals surface area (Å²) in [5.74, 6) is -3.83. The molecule has 0 saturated carbocycles. The Kier molecular flexibility index (Phi) is 7.54. The SMILES string of the molecule is CCNCC(=O)Oc1ccc(C(=O)OC(CS(=O)(=O)O)C(F)(F)F)cc1. The van der Waals surface area contributed by atoms with Gasteiger partial charge in [-0.2, -0.15) is 21.6 Å². The Hall–Kier alpha value is -2.18.